The van der Waals surface area contributed by atoms with Gasteiger partial charge in [-0.3, -0.25) is 0 Å². The molecule has 1 amide bonds. The van der Waals surface area contributed by atoms with Gasteiger partial charge >= 0.3 is 6.09 Å². The molecule has 1 aliphatic heterocycles. The maximum absolute atomic E-state index is 12.3. The van der Waals surface area contributed by atoms with E-state index in [1.54, 1.807) is 19.8 Å². The molecule has 2 fully saturated rings. The van der Waals surface area contributed by atoms with Crippen molar-refractivity contribution >= 4 is 6.09 Å². The molecule has 186 valence electrons. The summed E-state index contributed by atoms with van der Waals surface area (Å²) in [6.45, 7) is 4.24. The minimum atomic E-state index is -0.263. The van der Waals surface area contributed by atoms with Gasteiger partial charge in [-0.1, -0.05) is 30.7 Å². The van der Waals surface area contributed by atoms with E-state index in [1.807, 2.05) is 24.3 Å². The first-order chi connectivity index (χ1) is 16.4. The molecular weight excluding hydrogens is 428 g/mol. The van der Waals surface area contributed by atoms with E-state index in [-0.39, 0.29) is 11.5 Å². The van der Waals surface area contributed by atoms with Gasteiger partial charge in [-0.05, 0) is 87.6 Å². The number of likely N-dealkylation sites (tertiary alicyclic amines) is 1. The lowest BCUT2D eigenvalue weighted by molar-refractivity contribution is 0.143. The van der Waals surface area contributed by atoms with Crippen molar-refractivity contribution < 1.29 is 19.0 Å². The smallest absolute Gasteiger partial charge is 0.412 e. The minimum Gasteiger partial charge on any atom is -0.493 e. The van der Waals surface area contributed by atoms with Gasteiger partial charge in [0.05, 0.1) is 14.2 Å². The highest BCUT2D eigenvalue weighted by molar-refractivity contribution is 5.68. The molecule has 1 saturated heterocycles. The number of carbonyl (C=O) groups is 1. The third-order valence-corrected chi connectivity index (χ3v) is 7.96. The number of nitrogens with zero attached hydrogens (tertiary/aromatic N) is 1. The van der Waals surface area contributed by atoms with E-state index in [0.29, 0.717) is 6.04 Å². The fourth-order valence-corrected chi connectivity index (χ4v) is 6.31. The van der Waals surface area contributed by atoms with Crippen molar-refractivity contribution in [2.45, 2.75) is 57.9 Å². The van der Waals surface area contributed by atoms with Crippen LogP contribution in [0.15, 0.2) is 47.7 Å². The normalized spacial score (nSPS) is 29.7. The molecule has 4 aliphatic rings. The molecule has 4 unspecified atom stereocenters. The van der Waals surface area contributed by atoms with Crippen LogP contribution in [0.25, 0.3) is 0 Å². The molecule has 0 spiro atoms. The number of benzene rings is 1. The van der Waals surface area contributed by atoms with Crippen LogP contribution < -0.4 is 14.8 Å². The van der Waals surface area contributed by atoms with Crippen LogP contribution in [0.5, 0.6) is 11.5 Å². The number of amides is 1. The van der Waals surface area contributed by atoms with E-state index in [0.717, 1.165) is 61.3 Å². The number of methoxy groups -OCH3 is 2. The molecule has 1 heterocycles. The molecule has 5 rings (SSSR count). The fraction of sp³-hybridized carbons (Fsp3) is 0.607. The summed E-state index contributed by atoms with van der Waals surface area (Å²) in [5.41, 5.74) is 1.85. The summed E-state index contributed by atoms with van der Waals surface area (Å²) in [4.78, 5) is 14.7. The molecule has 1 saturated carbocycles. The van der Waals surface area contributed by atoms with E-state index < -0.39 is 0 Å². The number of ether oxygens (including phenoxy) is 3. The molecule has 6 heteroatoms. The van der Waals surface area contributed by atoms with Crippen molar-refractivity contribution in [3.8, 4) is 11.5 Å². The van der Waals surface area contributed by atoms with Crippen LogP contribution in [-0.2, 0) is 4.74 Å². The topological polar surface area (TPSA) is 60.0 Å². The van der Waals surface area contributed by atoms with Crippen molar-refractivity contribution in [3.63, 3.8) is 0 Å². The van der Waals surface area contributed by atoms with Gasteiger partial charge < -0.3 is 24.4 Å². The second kappa shape index (κ2) is 10.9. The summed E-state index contributed by atoms with van der Waals surface area (Å²) >= 11 is 0. The Labute approximate surface area is 204 Å². The maximum atomic E-state index is 12.3. The lowest BCUT2D eigenvalue weighted by Gasteiger charge is -2.36. The largest absolute Gasteiger partial charge is 0.493 e. The molecule has 3 aliphatic carbocycles. The van der Waals surface area contributed by atoms with Gasteiger partial charge in [0.25, 0.3) is 0 Å². The highest BCUT2D eigenvalue weighted by Gasteiger charge is 2.40. The number of hydrogen-bond donors (Lipinski definition) is 1. The fourth-order valence-electron chi connectivity index (χ4n) is 6.31. The van der Waals surface area contributed by atoms with Crippen LogP contribution in [0, 0.1) is 17.3 Å². The summed E-state index contributed by atoms with van der Waals surface area (Å²) in [6, 6.07) is 8.08. The third-order valence-electron chi connectivity index (χ3n) is 7.96. The Morgan fingerprint density at radius 2 is 1.88 bits per heavy atom. The van der Waals surface area contributed by atoms with Gasteiger partial charge in [0.2, 0.25) is 0 Å². The van der Waals surface area contributed by atoms with Crippen molar-refractivity contribution in [2.75, 3.05) is 34.4 Å². The number of rotatable bonds is 5. The summed E-state index contributed by atoms with van der Waals surface area (Å²) in [6.07, 6.45) is 12.2. The Bertz CT molecular complexity index is 904. The van der Waals surface area contributed by atoms with Gasteiger partial charge in [-0.25, -0.2) is 4.79 Å². The van der Waals surface area contributed by atoms with Crippen molar-refractivity contribution in [1.29, 1.82) is 0 Å². The second-order valence-corrected chi connectivity index (χ2v) is 10.6. The first-order valence-corrected chi connectivity index (χ1v) is 12.6. The zero-order chi connectivity index (χ0) is 24.1. The van der Waals surface area contributed by atoms with Crippen LogP contribution >= 0.6 is 0 Å². The highest BCUT2D eigenvalue weighted by atomic mass is 16.6. The van der Waals surface area contributed by atoms with Gasteiger partial charge in [0, 0.05) is 19.0 Å². The van der Waals surface area contributed by atoms with Crippen LogP contribution in [0.1, 0.15) is 51.9 Å². The third kappa shape index (κ3) is 5.77. The van der Waals surface area contributed by atoms with Gasteiger partial charge in [0.1, 0.15) is 5.76 Å². The predicted molar refractivity (Wildman–Crippen MR) is 134 cm³/mol. The molecule has 0 aromatic heterocycles. The van der Waals surface area contributed by atoms with Gasteiger partial charge in [0.15, 0.2) is 11.5 Å². The molecule has 1 aromatic rings. The van der Waals surface area contributed by atoms with Crippen molar-refractivity contribution in [2.24, 2.45) is 17.3 Å². The van der Waals surface area contributed by atoms with E-state index in [4.69, 9.17) is 14.2 Å². The number of alkyl carbamates (subject to hydrolysis) is 1. The van der Waals surface area contributed by atoms with Crippen LogP contribution in [0.3, 0.4) is 0 Å². The number of nitrogens with one attached hydrogen (secondary N) is 1. The monoisotopic (exact) mass is 468 g/mol. The number of carbonyl (C=O) groups excluding carboxylic acids is 1. The first kappa shape index (κ1) is 24.6. The minimum absolute atomic E-state index is 0.254. The van der Waals surface area contributed by atoms with Gasteiger partial charge in [-0.2, -0.15) is 0 Å². The van der Waals surface area contributed by atoms with Crippen molar-refractivity contribution in [1.82, 2.24) is 10.2 Å². The molecule has 0 radical (unpaired) electrons. The average molecular weight is 469 g/mol. The molecular formula is C28H40N2O4. The van der Waals surface area contributed by atoms with Gasteiger partial charge in [-0.15, -0.1) is 0 Å². The predicted octanol–water partition coefficient (Wildman–Crippen LogP) is 5.55. The second-order valence-electron chi connectivity index (χ2n) is 10.6. The standard InChI is InChI=1S/C20H30N2O2.C8H10O2/c1-14-9-15-5-7-20(11-14,12-15)13-21-19(23)24-17-4-3-16-6-8-22(2)18(16)10-17;1-9-7-5-3-4-6-8(7)10-2/h4-5,14,16,18H,3,6-13H2,1-2H3,(H,21,23);3-6H,1-2H3. The SMILES string of the molecule is CC1CC2=CCC(CNC(=O)OC3=CCC4CCN(C)C4C3)(C2)C1.COc1ccccc1OC. The number of para-hydroxylation sites is 2. The Morgan fingerprint density at radius 1 is 1.15 bits per heavy atom. The maximum Gasteiger partial charge on any atom is 0.412 e. The Kier molecular flexibility index (Phi) is 7.87. The molecule has 34 heavy (non-hydrogen) atoms. The Balaban J connectivity index is 0.000000231. The Morgan fingerprint density at radius 3 is 2.59 bits per heavy atom. The Hall–Kier alpha value is -2.47. The van der Waals surface area contributed by atoms with Crippen LogP contribution in [0.2, 0.25) is 0 Å². The lowest BCUT2D eigenvalue weighted by atomic mass is 9.71. The lowest BCUT2D eigenvalue weighted by Crippen LogP contribution is -2.39. The quantitative estimate of drug-likeness (QED) is 0.574. The molecule has 2 bridgehead atoms. The molecule has 4 atom stereocenters. The van der Waals surface area contributed by atoms with Crippen LogP contribution in [-0.4, -0.2) is 51.4 Å². The highest BCUT2D eigenvalue weighted by Crippen LogP contribution is 2.49. The van der Waals surface area contributed by atoms with E-state index in [2.05, 4.69) is 36.3 Å². The number of fused-ring (bicyclic) bond motifs is 3. The summed E-state index contributed by atoms with van der Waals surface area (Å²) in [5, 5.41) is 3.06. The summed E-state index contributed by atoms with van der Waals surface area (Å²) in [7, 11) is 5.43. The summed E-state index contributed by atoms with van der Waals surface area (Å²) < 4.78 is 15.7. The molecule has 1 N–H and O–H groups in total. The average Bonchev–Trinajstić information content (AvgIpc) is 3.37. The number of hydrogen-bond acceptors (Lipinski definition) is 5. The number of allylic oxidation sites excluding steroid dienone is 3. The van der Waals surface area contributed by atoms with E-state index >= 15 is 0 Å². The van der Waals surface area contributed by atoms with Crippen molar-refractivity contribution in [3.05, 3.63) is 47.7 Å². The zero-order valence-electron chi connectivity index (χ0n) is 21.1. The summed E-state index contributed by atoms with van der Waals surface area (Å²) in [5.74, 6) is 3.88. The zero-order valence-corrected chi connectivity index (χ0v) is 21.1. The molecule has 1 aromatic carbocycles. The van der Waals surface area contributed by atoms with E-state index in [9.17, 15) is 4.79 Å². The van der Waals surface area contributed by atoms with E-state index in [1.165, 1.54) is 25.8 Å². The first-order valence-electron chi connectivity index (χ1n) is 12.6. The molecule has 6 nitrogen and oxygen atoms in total. The van der Waals surface area contributed by atoms with Crippen LogP contribution in [0.4, 0.5) is 4.79 Å².